The second-order valence-corrected chi connectivity index (χ2v) is 6.32. The first-order valence-corrected chi connectivity index (χ1v) is 7.54. The van der Waals surface area contributed by atoms with Crippen LogP contribution in [0.5, 0.6) is 0 Å². The molecule has 1 aliphatic rings. The van der Waals surface area contributed by atoms with Crippen molar-refractivity contribution < 1.29 is 13.2 Å². The zero-order valence-electron chi connectivity index (χ0n) is 10.0. The number of amides is 1. The molecule has 1 unspecified atom stereocenters. The number of hydrogen-bond acceptors (Lipinski definition) is 3. The van der Waals surface area contributed by atoms with Gasteiger partial charge < -0.3 is 9.47 Å². The van der Waals surface area contributed by atoms with E-state index >= 15 is 0 Å². The Morgan fingerprint density at radius 2 is 1.94 bits per heavy atom. The molecule has 1 atom stereocenters. The molecule has 6 nitrogen and oxygen atoms in total. The third-order valence-electron chi connectivity index (χ3n) is 3.06. The minimum absolute atomic E-state index is 0.0100. The SMILES string of the molecule is NS(=O)(=O)CC1CC(=O)N(CCn2cccc2)C1. The van der Waals surface area contributed by atoms with Crippen LogP contribution in [0.25, 0.3) is 0 Å². The molecule has 0 saturated carbocycles. The van der Waals surface area contributed by atoms with Gasteiger partial charge in [0.25, 0.3) is 0 Å². The maximum Gasteiger partial charge on any atom is 0.223 e. The molecule has 2 heterocycles. The van der Waals surface area contributed by atoms with Crippen LogP contribution in [0.4, 0.5) is 0 Å². The van der Waals surface area contributed by atoms with E-state index in [-0.39, 0.29) is 24.0 Å². The Balaban J connectivity index is 1.86. The van der Waals surface area contributed by atoms with Crippen LogP contribution in [-0.2, 0) is 21.4 Å². The first-order chi connectivity index (χ1) is 8.44. The van der Waals surface area contributed by atoms with Crippen molar-refractivity contribution in [3.63, 3.8) is 0 Å². The number of likely N-dealkylation sites (tertiary alicyclic amines) is 1. The van der Waals surface area contributed by atoms with Crippen LogP contribution in [-0.4, -0.2) is 42.6 Å². The van der Waals surface area contributed by atoms with Gasteiger partial charge in [-0.15, -0.1) is 0 Å². The number of sulfonamides is 1. The number of aromatic nitrogens is 1. The normalized spacial score (nSPS) is 20.6. The predicted octanol–water partition coefficient (Wildman–Crippen LogP) is -0.375. The van der Waals surface area contributed by atoms with Gasteiger partial charge in [-0.05, 0) is 12.1 Å². The average molecular weight is 271 g/mol. The molecule has 0 bridgehead atoms. The first-order valence-electron chi connectivity index (χ1n) is 5.83. The van der Waals surface area contributed by atoms with E-state index in [1.54, 1.807) is 4.90 Å². The molecule has 2 rings (SSSR count). The molecule has 0 spiro atoms. The van der Waals surface area contributed by atoms with Gasteiger partial charge in [-0.1, -0.05) is 0 Å². The molecular weight excluding hydrogens is 254 g/mol. The fraction of sp³-hybridized carbons (Fsp3) is 0.545. The summed E-state index contributed by atoms with van der Waals surface area (Å²) >= 11 is 0. The van der Waals surface area contributed by atoms with Crippen LogP contribution in [0.1, 0.15) is 6.42 Å². The van der Waals surface area contributed by atoms with Crippen molar-refractivity contribution in [2.24, 2.45) is 11.1 Å². The van der Waals surface area contributed by atoms with Crippen molar-refractivity contribution >= 4 is 15.9 Å². The highest BCUT2D eigenvalue weighted by atomic mass is 32.2. The molecule has 0 aromatic carbocycles. The molecule has 1 aromatic rings. The molecule has 1 fully saturated rings. The van der Waals surface area contributed by atoms with Crippen LogP contribution < -0.4 is 5.14 Å². The van der Waals surface area contributed by atoms with Gasteiger partial charge >= 0.3 is 0 Å². The van der Waals surface area contributed by atoms with Gasteiger partial charge in [0.1, 0.15) is 0 Å². The summed E-state index contributed by atoms with van der Waals surface area (Å²) < 4.78 is 24.0. The van der Waals surface area contributed by atoms with Crippen molar-refractivity contribution in [2.75, 3.05) is 18.8 Å². The fourth-order valence-corrected chi connectivity index (χ4v) is 3.15. The molecule has 2 N–H and O–H groups in total. The highest BCUT2D eigenvalue weighted by Crippen LogP contribution is 2.18. The number of rotatable bonds is 5. The molecule has 1 aromatic heterocycles. The van der Waals surface area contributed by atoms with Crippen LogP contribution in [0.3, 0.4) is 0 Å². The van der Waals surface area contributed by atoms with Crippen molar-refractivity contribution in [3.05, 3.63) is 24.5 Å². The Labute approximate surface area is 106 Å². The molecule has 1 saturated heterocycles. The minimum atomic E-state index is -3.50. The Bertz CT molecular complexity index is 510. The van der Waals surface area contributed by atoms with Gasteiger partial charge in [-0.3, -0.25) is 4.79 Å². The summed E-state index contributed by atoms with van der Waals surface area (Å²) in [6, 6.07) is 3.85. The van der Waals surface area contributed by atoms with E-state index in [1.807, 2.05) is 29.1 Å². The second-order valence-electron chi connectivity index (χ2n) is 4.66. The highest BCUT2D eigenvalue weighted by Gasteiger charge is 2.31. The topological polar surface area (TPSA) is 85.4 Å². The highest BCUT2D eigenvalue weighted by molar-refractivity contribution is 7.89. The summed E-state index contributed by atoms with van der Waals surface area (Å²) in [6.07, 6.45) is 4.15. The van der Waals surface area contributed by atoms with Gasteiger partial charge in [0.2, 0.25) is 15.9 Å². The third-order valence-corrected chi connectivity index (χ3v) is 3.99. The number of hydrogen-bond donors (Lipinski definition) is 1. The smallest absolute Gasteiger partial charge is 0.223 e. The van der Waals surface area contributed by atoms with Crippen molar-refractivity contribution in [3.8, 4) is 0 Å². The first kappa shape index (κ1) is 13.1. The number of carbonyl (C=O) groups is 1. The number of nitrogens with two attached hydrogens (primary N) is 1. The third kappa shape index (κ3) is 3.58. The largest absolute Gasteiger partial charge is 0.352 e. The zero-order valence-corrected chi connectivity index (χ0v) is 10.8. The van der Waals surface area contributed by atoms with E-state index in [4.69, 9.17) is 5.14 Å². The number of primary sulfonamides is 1. The summed E-state index contributed by atoms with van der Waals surface area (Å²) in [7, 11) is -3.50. The van der Waals surface area contributed by atoms with E-state index < -0.39 is 10.0 Å². The maximum absolute atomic E-state index is 11.7. The van der Waals surface area contributed by atoms with E-state index in [0.29, 0.717) is 13.1 Å². The van der Waals surface area contributed by atoms with Crippen LogP contribution in [0, 0.1) is 5.92 Å². The maximum atomic E-state index is 11.7. The monoisotopic (exact) mass is 271 g/mol. The molecular formula is C11H17N3O3S. The van der Waals surface area contributed by atoms with E-state index in [0.717, 1.165) is 6.54 Å². The fourth-order valence-electron chi connectivity index (χ4n) is 2.27. The minimum Gasteiger partial charge on any atom is -0.352 e. The molecule has 1 amide bonds. The van der Waals surface area contributed by atoms with Crippen LogP contribution >= 0.6 is 0 Å². The number of nitrogens with zero attached hydrogens (tertiary/aromatic N) is 2. The van der Waals surface area contributed by atoms with Crippen molar-refractivity contribution in [1.82, 2.24) is 9.47 Å². The summed E-state index contributed by atoms with van der Waals surface area (Å²) in [6.45, 7) is 1.81. The molecule has 100 valence electrons. The lowest BCUT2D eigenvalue weighted by atomic mass is 10.1. The zero-order chi connectivity index (χ0) is 13.2. The molecule has 1 aliphatic heterocycles. The van der Waals surface area contributed by atoms with Crippen LogP contribution in [0.15, 0.2) is 24.5 Å². The van der Waals surface area contributed by atoms with Gasteiger partial charge in [-0.25, -0.2) is 13.6 Å². The average Bonchev–Trinajstić information content (AvgIpc) is 2.83. The van der Waals surface area contributed by atoms with Crippen molar-refractivity contribution in [1.29, 1.82) is 0 Å². The molecule has 0 aliphatic carbocycles. The van der Waals surface area contributed by atoms with E-state index in [9.17, 15) is 13.2 Å². The lowest BCUT2D eigenvalue weighted by Gasteiger charge is -2.16. The Hall–Kier alpha value is -1.34. The second kappa shape index (κ2) is 5.11. The molecule has 0 radical (unpaired) electrons. The van der Waals surface area contributed by atoms with Gasteiger partial charge in [0, 0.05) is 44.4 Å². The summed E-state index contributed by atoms with van der Waals surface area (Å²) in [5.41, 5.74) is 0. The van der Waals surface area contributed by atoms with Gasteiger partial charge in [0.15, 0.2) is 0 Å². The molecule has 18 heavy (non-hydrogen) atoms. The van der Waals surface area contributed by atoms with Crippen LogP contribution in [0.2, 0.25) is 0 Å². The van der Waals surface area contributed by atoms with Gasteiger partial charge in [-0.2, -0.15) is 0 Å². The van der Waals surface area contributed by atoms with Crippen molar-refractivity contribution in [2.45, 2.75) is 13.0 Å². The number of carbonyl (C=O) groups excluding carboxylic acids is 1. The quantitative estimate of drug-likeness (QED) is 0.792. The lowest BCUT2D eigenvalue weighted by molar-refractivity contribution is -0.127. The van der Waals surface area contributed by atoms with E-state index in [1.165, 1.54) is 0 Å². The Morgan fingerprint density at radius 3 is 2.56 bits per heavy atom. The Kier molecular flexibility index (Phi) is 3.72. The summed E-state index contributed by atoms with van der Waals surface area (Å²) in [5.74, 6) is -0.272. The predicted molar refractivity (Wildman–Crippen MR) is 67.1 cm³/mol. The summed E-state index contributed by atoms with van der Waals surface area (Å²) in [5, 5.41) is 5.00. The lowest BCUT2D eigenvalue weighted by Crippen LogP contribution is -2.30. The Morgan fingerprint density at radius 1 is 1.28 bits per heavy atom. The van der Waals surface area contributed by atoms with E-state index in [2.05, 4.69) is 0 Å². The standard InChI is InChI=1S/C11H17N3O3S/c12-18(16,17)9-10-7-11(15)14(8-10)6-5-13-3-1-2-4-13/h1-4,10H,5-9H2,(H2,12,16,17). The van der Waals surface area contributed by atoms with Gasteiger partial charge in [0.05, 0.1) is 5.75 Å². The summed E-state index contributed by atoms with van der Waals surface area (Å²) in [4.78, 5) is 13.4. The molecule has 7 heteroatoms.